The number of phenolic OH excluding ortho intramolecular Hbond substituents is 1. The molecule has 0 saturated carbocycles. The Bertz CT molecular complexity index is 1390. The molecule has 0 bridgehead atoms. The fraction of sp³-hybridized carbons (Fsp3) is 0.344. The highest BCUT2D eigenvalue weighted by Crippen LogP contribution is 2.32. The lowest BCUT2D eigenvalue weighted by Gasteiger charge is -2.36. The topological polar surface area (TPSA) is 99.2 Å². The molecule has 1 fully saturated rings. The van der Waals surface area contributed by atoms with Crippen LogP contribution in [0.3, 0.4) is 0 Å². The first-order valence-corrected chi connectivity index (χ1v) is 13.5. The second kappa shape index (κ2) is 11.8. The highest BCUT2D eigenvalue weighted by atomic mass is 16.6. The van der Waals surface area contributed by atoms with Crippen molar-refractivity contribution < 1.29 is 24.2 Å². The number of rotatable bonds is 5. The molecule has 8 nitrogen and oxygen atoms in total. The number of anilines is 1. The second-order valence-corrected chi connectivity index (χ2v) is 11.3. The van der Waals surface area contributed by atoms with Crippen molar-refractivity contribution in [3.8, 4) is 16.9 Å². The normalized spacial score (nSPS) is 13.8. The first-order valence-electron chi connectivity index (χ1n) is 13.5. The van der Waals surface area contributed by atoms with Gasteiger partial charge in [-0.2, -0.15) is 0 Å². The predicted molar refractivity (Wildman–Crippen MR) is 156 cm³/mol. The van der Waals surface area contributed by atoms with Gasteiger partial charge in [0.05, 0.1) is 11.1 Å². The number of aromatic hydroxyl groups is 1. The third kappa shape index (κ3) is 6.81. The Kier molecular flexibility index (Phi) is 8.47. The number of amides is 3. The van der Waals surface area contributed by atoms with E-state index in [4.69, 9.17) is 4.74 Å². The van der Waals surface area contributed by atoms with Crippen LogP contribution in [0.5, 0.6) is 5.75 Å². The molecular weight excluding hydrogens is 506 g/mol. The van der Waals surface area contributed by atoms with Gasteiger partial charge in [-0.25, -0.2) is 4.79 Å². The molecule has 1 heterocycles. The third-order valence-corrected chi connectivity index (χ3v) is 6.71. The van der Waals surface area contributed by atoms with Gasteiger partial charge in [0.2, 0.25) is 0 Å². The van der Waals surface area contributed by atoms with Crippen molar-refractivity contribution in [1.82, 2.24) is 9.80 Å². The minimum atomic E-state index is -0.618. The molecule has 4 rings (SSSR count). The van der Waals surface area contributed by atoms with Crippen molar-refractivity contribution in [2.45, 2.75) is 46.1 Å². The highest BCUT2D eigenvalue weighted by Gasteiger charge is 2.31. The summed E-state index contributed by atoms with van der Waals surface area (Å²) in [6, 6.07) is 20.1. The summed E-state index contributed by atoms with van der Waals surface area (Å²) >= 11 is 0. The third-order valence-electron chi connectivity index (χ3n) is 6.71. The van der Waals surface area contributed by atoms with Crippen LogP contribution in [0, 0.1) is 0 Å². The molecule has 0 spiro atoms. The molecule has 1 aliphatic rings. The summed E-state index contributed by atoms with van der Waals surface area (Å²) in [4.78, 5) is 43.0. The van der Waals surface area contributed by atoms with Crippen LogP contribution in [0.15, 0.2) is 66.7 Å². The molecular formula is C32H37N3O5. The van der Waals surface area contributed by atoms with Gasteiger partial charge in [-0.1, -0.05) is 56.3 Å². The van der Waals surface area contributed by atoms with Crippen LogP contribution >= 0.6 is 0 Å². The van der Waals surface area contributed by atoms with E-state index in [0.717, 1.165) is 11.1 Å². The molecule has 0 unspecified atom stereocenters. The molecule has 3 aromatic carbocycles. The number of ether oxygens (including phenoxy) is 1. The first kappa shape index (κ1) is 28.7. The van der Waals surface area contributed by atoms with Crippen molar-refractivity contribution in [3.63, 3.8) is 0 Å². The Hall–Kier alpha value is -4.33. The number of nitrogens with zero attached hydrogens (tertiary/aromatic N) is 2. The quantitative estimate of drug-likeness (QED) is 0.404. The average molecular weight is 544 g/mol. The lowest BCUT2D eigenvalue weighted by molar-refractivity contribution is 0.0140. The van der Waals surface area contributed by atoms with Gasteiger partial charge in [0.1, 0.15) is 11.4 Å². The lowest BCUT2D eigenvalue weighted by atomic mass is 9.96. The average Bonchev–Trinajstić information content (AvgIpc) is 2.92. The van der Waals surface area contributed by atoms with Gasteiger partial charge in [-0.15, -0.1) is 0 Å². The molecule has 40 heavy (non-hydrogen) atoms. The molecule has 0 atom stereocenters. The van der Waals surface area contributed by atoms with Crippen LogP contribution in [0.1, 0.15) is 66.8 Å². The fourth-order valence-corrected chi connectivity index (χ4v) is 4.58. The largest absolute Gasteiger partial charge is 0.507 e. The minimum Gasteiger partial charge on any atom is -0.507 e. The van der Waals surface area contributed by atoms with Gasteiger partial charge in [0.15, 0.2) is 0 Å². The van der Waals surface area contributed by atoms with E-state index in [1.165, 1.54) is 6.07 Å². The Morgan fingerprint density at radius 2 is 1.50 bits per heavy atom. The fourth-order valence-electron chi connectivity index (χ4n) is 4.58. The highest BCUT2D eigenvalue weighted by molar-refractivity contribution is 6.14. The second-order valence-electron chi connectivity index (χ2n) is 11.3. The molecule has 1 aliphatic heterocycles. The molecule has 0 aliphatic carbocycles. The maximum Gasteiger partial charge on any atom is 0.410 e. The van der Waals surface area contributed by atoms with Gasteiger partial charge < -0.3 is 25.0 Å². The summed E-state index contributed by atoms with van der Waals surface area (Å²) < 4.78 is 5.45. The molecule has 0 radical (unpaired) electrons. The smallest absolute Gasteiger partial charge is 0.410 e. The Morgan fingerprint density at radius 1 is 0.850 bits per heavy atom. The van der Waals surface area contributed by atoms with Crippen molar-refractivity contribution >= 4 is 23.6 Å². The van der Waals surface area contributed by atoms with E-state index >= 15 is 0 Å². The summed E-state index contributed by atoms with van der Waals surface area (Å²) in [6.45, 7) is 10.6. The van der Waals surface area contributed by atoms with Gasteiger partial charge in [0.25, 0.3) is 11.8 Å². The van der Waals surface area contributed by atoms with E-state index in [2.05, 4.69) is 19.2 Å². The van der Waals surface area contributed by atoms with Crippen LogP contribution in [0.4, 0.5) is 10.5 Å². The zero-order valence-electron chi connectivity index (χ0n) is 23.7. The van der Waals surface area contributed by atoms with Crippen LogP contribution in [0.25, 0.3) is 11.1 Å². The molecule has 3 aromatic rings. The number of nitrogens with one attached hydrogen (secondary N) is 1. The number of carbonyl (C=O) groups is 3. The van der Waals surface area contributed by atoms with Crippen molar-refractivity contribution in [3.05, 3.63) is 83.4 Å². The summed E-state index contributed by atoms with van der Waals surface area (Å²) in [5, 5.41) is 14.0. The maximum absolute atomic E-state index is 13.7. The number of piperazine rings is 1. The Labute approximate surface area is 235 Å². The van der Waals surface area contributed by atoms with Crippen molar-refractivity contribution in [2.24, 2.45) is 0 Å². The molecule has 1 saturated heterocycles. The monoisotopic (exact) mass is 543 g/mol. The van der Waals surface area contributed by atoms with Crippen molar-refractivity contribution in [2.75, 3.05) is 31.5 Å². The van der Waals surface area contributed by atoms with E-state index < -0.39 is 23.5 Å². The summed E-state index contributed by atoms with van der Waals surface area (Å²) in [5.74, 6) is -0.965. The minimum absolute atomic E-state index is 0.0667. The van der Waals surface area contributed by atoms with Crippen LogP contribution < -0.4 is 5.32 Å². The maximum atomic E-state index is 13.7. The number of phenols is 1. The number of benzene rings is 3. The van der Waals surface area contributed by atoms with Crippen molar-refractivity contribution in [1.29, 1.82) is 0 Å². The molecule has 0 aromatic heterocycles. The lowest BCUT2D eigenvalue weighted by Crippen LogP contribution is -2.51. The molecule has 210 valence electrons. The summed E-state index contributed by atoms with van der Waals surface area (Å²) in [7, 11) is 0. The zero-order valence-corrected chi connectivity index (χ0v) is 23.7. The standard InChI is InChI=1S/C32H37N3O5/c1-21(2)23-12-9-13-25(18-23)33-29(37)26-19-24(22-10-7-6-8-11-22)20-27(36)28(26)30(38)34-14-16-35(17-15-34)31(39)40-32(3,4)5/h6-13,18-21,36H,14-17H2,1-5H3,(H,33,37). The van der Waals surface area contributed by atoms with E-state index in [9.17, 15) is 19.5 Å². The van der Waals surface area contributed by atoms with E-state index in [-0.39, 0.29) is 49.0 Å². The van der Waals surface area contributed by atoms with Gasteiger partial charge in [-0.3, -0.25) is 9.59 Å². The van der Waals surface area contributed by atoms with Crippen LogP contribution in [-0.2, 0) is 4.74 Å². The van der Waals surface area contributed by atoms with E-state index in [1.807, 2.05) is 48.5 Å². The number of hydrogen-bond donors (Lipinski definition) is 2. The summed E-state index contributed by atoms with van der Waals surface area (Å²) in [6.07, 6.45) is -0.432. The predicted octanol–water partition coefficient (Wildman–Crippen LogP) is 6.13. The Balaban J connectivity index is 1.64. The zero-order chi connectivity index (χ0) is 29.0. The van der Waals surface area contributed by atoms with E-state index in [0.29, 0.717) is 11.3 Å². The van der Waals surface area contributed by atoms with E-state index in [1.54, 1.807) is 42.7 Å². The Morgan fingerprint density at radius 3 is 2.12 bits per heavy atom. The SMILES string of the molecule is CC(C)c1cccc(NC(=O)c2cc(-c3ccccc3)cc(O)c2C(=O)N2CCN(C(=O)OC(C)(C)C)CC2)c1. The van der Waals surface area contributed by atoms with Crippen LogP contribution in [-0.4, -0.2) is 64.6 Å². The van der Waals surface area contributed by atoms with Gasteiger partial charge in [0, 0.05) is 31.9 Å². The molecule has 3 amide bonds. The number of hydrogen-bond acceptors (Lipinski definition) is 5. The summed E-state index contributed by atoms with van der Waals surface area (Å²) in [5.41, 5.74) is 2.48. The first-order chi connectivity index (χ1) is 18.9. The molecule has 8 heteroatoms. The van der Waals surface area contributed by atoms with Crippen LogP contribution in [0.2, 0.25) is 0 Å². The van der Waals surface area contributed by atoms with Gasteiger partial charge >= 0.3 is 6.09 Å². The molecule has 2 N–H and O–H groups in total. The van der Waals surface area contributed by atoms with Gasteiger partial charge in [-0.05, 0) is 67.6 Å². The number of carbonyl (C=O) groups excluding carboxylic acids is 3.